The van der Waals surface area contributed by atoms with Crippen LogP contribution in [0.1, 0.15) is 48.0 Å². The molecule has 6 heteroatoms. The van der Waals surface area contributed by atoms with Gasteiger partial charge < -0.3 is 10.5 Å². The van der Waals surface area contributed by atoms with Crippen molar-refractivity contribution in [3.63, 3.8) is 0 Å². The van der Waals surface area contributed by atoms with Gasteiger partial charge in [-0.05, 0) is 78.8 Å². The van der Waals surface area contributed by atoms with Gasteiger partial charge in [0.15, 0.2) is 0 Å². The van der Waals surface area contributed by atoms with E-state index in [2.05, 4.69) is 16.9 Å². The van der Waals surface area contributed by atoms with Crippen molar-refractivity contribution in [2.75, 3.05) is 0 Å². The maximum atomic E-state index is 12.0. The van der Waals surface area contributed by atoms with Crippen LogP contribution < -0.4 is 10.5 Å². The summed E-state index contributed by atoms with van der Waals surface area (Å²) in [6, 6.07) is 11.2. The average molecular weight is 422 g/mol. The van der Waals surface area contributed by atoms with E-state index in [4.69, 9.17) is 22.1 Å². The number of hydrogen-bond donors (Lipinski definition) is 1. The third kappa shape index (κ3) is 3.31. The lowest BCUT2D eigenvalue weighted by atomic mass is 9.84. The highest BCUT2D eigenvalue weighted by Gasteiger charge is 2.59. The first-order valence-electron chi connectivity index (χ1n) is 10.5. The van der Waals surface area contributed by atoms with Gasteiger partial charge >= 0.3 is 0 Å². The molecule has 0 radical (unpaired) electrons. The summed E-state index contributed by atoms with van der Waals surface area (Å²) < 4.78 is 6.34. The summed E-state index contributed by atoms with van der Waals surface area (Å²) in [5.74, 6) is 2.50. The molecule has 3 aromatic rings. The number of halogens is 1. The quantitative estimate of drug-likeness (QED) is 0.608. The predicted molar refractivity (Wildman–Crippen MR) is 117 cm³/mol. The number of benzene rings is 1. The van der Waals surface area contributed by atoms with Gasteiger partial charge in [0.2, 0.25) is 5.91 Å². The molecule has 0 saturated heterocycles. The van der Waals surface area contributed by atoms with Gasteiger partial charge in [0.1, 0.15) is 11.3 Å². The molecule has 5 nitrogen and oxygen atoms in total. The van der Waals surface area contributed by atoms with E-state index < -0.39 is 0 Å². The topological polar surface area (TPSA) is 78.1 Å². The summed E-state index contributed by atoms with van der Waals surface area (Å²) in [5, 5.41) is 0.650. The van der Waals surface area contributed by atoms with Crippen LogP contribution >= 0.6 is 11.6 Å². The Kier molecular flexibility index (Phi) is 4.86. The molecule has 154 valence electrons. The van der Waals surface area contributed by atoms with Crippen LogP contribution in [0.25, 0.3) is 11.0 Å². The van der Waals surface area contributed by atoms with E-state index in [9.17, 15) is 4.79 Å². The number of amides is 1. The second-order valence-corrected chi connectivity index (χ2v) is 8.84. The van der Waals surface area contributed by atoms with Gasteiger partial charge in [0, 0.05) is 29.0 Å². The lowest BCUT2D eigenvalue weighted by Gasteiger charge is -2.23. The molecule has 0 unspecified atom stereocenters. The Bertz CT molecular complexity index is 1100. The van der Waals surface area contributed by atoms with Gasteiger partial charge in [-0.3, -0.25) is 14.8 Å². The Labute approximate surface area is 180 Å². The van der Waals surface area contributed by atoms with Crippen LogP contribution in [0.4, 0.5) is 0 Å². The summed E-state index contributed by atoms with van der Waals surface area (Å²) in [6.45, 7) is 2.17. The number of nitrogens with zero attached hydrogens (tertiary/aromatic N) is 2. The Hall–Kier alpha value is -2.66. The molecule has 2 fully saturated rings. The highest BCUT2D eigenvalue weighted by molar-refractivity contribution is 6.30. The summed E-state index contributed by atoms with van der Waals surface area (Å²) in [5.41, 5.74) is 8.89. The van der Waals surface area contributed by atoms with E-state index in [0.717, 1.165) is 41.6 Å². The van der Waals surface area contributed by atoms with E-state index in [1.807, 2.05) is 24.3 Å². The second-order valence-electron chi connectivity index (χ2n) is 8.41. The van der Waals surface area contributed by atoms with E-state index >= 15 is 0 Å². The molecule has 5 rings (SSSR count). The predicted octanol–water partition coefficient (Wildman–Crippen LogP) is 4.98. The fraction of sp³-hybridized carbons (Fsp3) is 0.375. The lowest BCUT2D eigenvalue weighted by Crippen LogP contribution is -2.20. The fourth-order valence-corrected chi connectivity index (χ4v) is 5.71. The van der Waals surface area contributed by atoms with E-state index in [0.29, 0.717) is 34.3 Å². The number of pyridine rings is 2. The zero-order chi connectivity index (χ0) is 20.8. The first-order valence-corrected chi connectivity index (χ1v) is 10.9. The number of primary amides is 1. The molecule has 0 bridgehead atoms. The normalized spacial score (nSPS) is 23.9. The van der Waals surface area contributed by atoms with Gasteiger partial charge in [0.05, 0.1) is 11.6 Å². The number of aromatic nitrogens is 2. The van der Waals surface area contributed by atoms with Crippen LogP contribution in [0.5, 0.6) is 5.75 Å². The number of hydrogen-bond acceptors (Lipinski definition) is 4. The number of carbonyl (C=O) groups is 1. The molecule has 2 N–H and O–H groups in total. The Morgan fingerprint density at radius 3 is 2.73 bits per heavy atom. The molecular formula is C24H24ClN3O2. The van der Waals surface area contributed by atoms with Crippen molar-refractivity contribution in [2.24, 2.45) is 23.5 Å². The molecule has 1 amide bonds. The molecule has 2 saturated carbocycles. The third-order valence-electron chi connectivity index (χ3n) is 6.80. The first-order chi connectivity index (χ1) is 14.6. The number of nitrogens with two attached hydrogens (primary N) is 1. The number of fused-ring (bicyclic) bond motifs is 2. The smallest absolute Gasteiger partial charge is 0.248 e. The Balaban J connectivity index is 1.32. The summed E-state index contributed by atoms with van der Waals surface area (Å²) >= 11 is 6.25. The van der Waals surface area contributed by atoms with Crippen LogP contribution in [-0.2, 0) is 0 Å². The molecule has 2 aliphatic carbocycles. The summed E-state index contributed by atoms with van der Waals surface area (Å²) in [4.78, 5) is 20.8. The van der Waals surface area contributed by atoms with Gasteiger partial charge in [0.25, 0.3) is 0 Å². The van der Waals surface area contributed by atoms with E-state index in [1.165, 1.54) is 0 Å². The molecule has 3 atom stereocenters. The lowest BCUT2D eigenvalue weighted by molar-refractivity contribution is 0.0998. The van der Waals surface area contributed by atoms with Crippen molar-refractivity contribution in [1.82, 2.24) is 9.97 Å². The minimum atomic E-state index is -0.385. The zero-order valence-electron chi connectivity index (χ0n) is 16.8. The first kappa shape index (κ1) is 19.3. The average Bonchev–Trinajstić information content (AvgIpc) is 3.21. The van der Waals surface area contributed by atoms with Gasteiger partial charge in [-0.2, -0.15) is 0 Å². The third-order valence-corrected chi connectivity index (χ3v) is 7.04. The summed E-state index contributed by atoms with van der Waals surface area (Å²) in [6.07, 6.45) is 6.74. The monoisotopic (exact) mass is 421 g/mol. The highest BCUT2D eigenvalue weighted by atomic mass is 35.5. The summed E-state index contributed by atoms with van der Waals surface area (Å²) in [7, 11) is 0. The SMILES string of the molecule is CC[C@H](c1cc(Cl)ccc1C(N)=O)C1[C@H]2CC(Oc3ccnc4cccnc34)C[C@H]12. The van der Waals surface area contributed by atoms with Gasteiger partial charge in [-0.1, -0.05) is 18.5 Å². The van der Waals surface area contributed by atoms with Crippen molar-refractivity contribution >= 4 is 28.5 Å². The highest BCUT2D eigenvalue weighted by Crippen LogP contribution is 2.64. The van der Waals surface area contributed by atoms with Crippen molar-refractivity contribution in [1.29, 1.82) is 0 Å². The molecule has 1 aromatic carbocycles. The second kappa shape index (κ2) is 7.55. The Morgan fingerprint density at radius 1 is 1.20 bits per heavy atom. The van der Waals surface area contributed by atoms with Crippen molar-refractivity contribution < 1.29 is 9.53 Å². The van der Waals surface area contributed by atoms with Gasteiger partial charge in [-0.15, -0.1) is 0 Å². The van der Waals surface area contributed by atoms with Gasteiger partial charge in [-0.25, -0.2) is 0 Å². The largest absolute Gasteiger partial charge is 0.488 e. The molecule has 30 heavy (non-hydrogen) atoms. The number of rotatable bonds is 6. The maximum Gasteiger partial charge on any atom is 0.248 e. The standard InChI is InChI=1S/C24H24ClN3O2/c1-2-15(17-10-13(25)5-6-16(17)24(26)29)22-18-11-14(12-19(18)22)30-21-7-9-27-20-4-3-8-28-23(20)21/h3-10,14-15,18-19,22H,2,11-12H2,1H3,(H2,26,29)/t14?,15-,18+,19+,22?/m1/s1. The van der Waals surface area contributed by atoms with Crippen molar-refractivity contribution in [3.8, 4) is 5.75 Å². The Morgan fingerprint density at radius 2 is 2.00 bits per heavy atom. The van der Waals surface area contributed by atoms with Crippen LogP contribution in [0.3, 0.4) is 0 Å². The molecule has 2 heterocycles. The minimum absolute atomic E-state index is 0.191. The molecule has 0 aliphatic heterocycles. The van der Waals surface area contributed by atoms with Crippen molar-refractivity contribution in [3.05, 3.63) is 64.9 Å². The number of ether oxygens (including phenoxy) is 1. The maximum absolute atomic E-state index is 12.0. The molecule has 2 aliphatic rings. The van der Waals surface area contributed by atoms with Crippen LogP contribution in [0, 0.1) is 17.8 Å². The molecular weight excluding hydrogens is 398 g/mol. The van der Waals surface area contributed by atoms with Crippen molar-refractivity contribution in [2.45, 2.75) is 38.2 Å². The molecule has 0 spiro atoms. The van der Waals surface area contributed by atoms with E-state index in [-0.39, 0.29) is 12.0 Å². The van der Waals surface area contributed by atoms with Crippen LogP contribution in [-0.4, -0.2) is 22.0 Å². The molecule has 2 aromatic heterocycles. The van der Waals surface area contributed by atoms with E-state index in [1.54, 1.807) is 24.5 Å². The fourth-order valence-electron chi connectivity index (χ4n) is 5.53. The minimum Gasteiger partial charge on any atom is -0.488 e. The zero-order valence-corrected chi connectivity index (χ0v) is 17.5. The number of carbonyl (C=O) groups excluding carboxylic acids is 1. The van der Waals surface area contributed by atoms with Crippen LogP contribution in [0.15, 0.2) is 48.8 Å². The van der Waals surface area contributed by atoms with Crippen LogP contribution in [0.2, 0.25) is 5.02 Å².